The number of piperidine rings is 1. The lowest BCUT2D eigenvalue weighted by Gasteiger charge is -2.30. The molecule has 0 unspecified atom stereocenters. The first-order valence-electron chi connectivity index (χ1n) is 9.60. The van der Waals surface area contributed by atoms with Crippen LogP contribution < -0.4 is 9.47 Å². The van der Waals surface area contributed by atoms with Crippen molar-refractivity contribution in [3.8, 4) is 17.6 Å². The molecule has 0 radical (unpaired) electrons. The summed E-state index contributed by atoms with van der Waals surface area (Å²) < 4.78 is 51.4. The fraction of sp³-hybridized carbons (Fsp3) is 0.333. The number of carbonyl (C=O) groups excluding carboxylic acids is 1. The van der Waals surface area contributed by atoms with Gasteiger partial charge < -0.3 is 9.47 Å². The predicted octanol–water partition coefficient (Wildman–Crippen LogP) is 3.76. The van der Waals surface area contributed by atoms with Gasteiger partial charge in [-0.1, -0.05) is 23.7 Å². The van der Waals surface area contributed by atoms with Crippen LogP contribution in [0.4, 0.5) is 4.39 Å². The van der Waals surface area contributed by atoms with E-state index in [0.717, 1.165) is 10.4 Å². The summed E-state index contributed by atoms with van der Waals surface area (Å²) in [5.41, 5.74) is 0.264. The van der Waals surface area contributed by atoms with Crippen molar-refractivity contribution in [1.29, 1.82) is 5.26 Å². The Morgan fingerprint density at radius 3 is 2.58 bits per heavy atom. The standard InChI is InChI=1S/C21H20ClFN2O5S/c1-2-29-18-12-14(13-24)11-16(22)20(18)30-21(26)15-7-9-25(10-8-15)31(27,28)19-6-4-3-5-17(19)23/h3-6,11-12,15H,2,7-10H2,1H3. The Morgan fingerprint density at radius 2 is 1.97 bits per heavy atom. The molecule has 1 saturated heterocycles. The number of hydrogen-bond acceptors (Lipinski definition) is 6. The Kier molecular flexibility index (Phi) is 7.15. The highest BCUT2D eigenvalue weighted by atomic mass is 35.5. The first kappa shape index (κ1) is 23.0. The second-order valence-corrected chi connectivity index (χ2v) is 9.17. The second-order valence-electron chi connectivity index (χ2n) is 6.86. The summed E-state index contributed by atoms with van der Waals surface area (Å²) in [6.45, 7) is 2.12. The lowest BCUT2D eigenvalue weighted by molar-refractivity contribution is -0.140. The number of rotatable bonds is 6. The van der Waals surface area contributed by atoms with E-state index in [2.05, 4.69) is 0 Å². The van der Waals surface area contributed by atoms with E-state index in [1.165, 1.54) is 30.3 Å². The first-order chi connectivity index (χ1) is 14.8. The molecular formula is C21H20ClFN2O5S. The lowest BCUT2D eigenvalue weighted by Crippen LogP contribution is -2.41. The summed E-state index contributed by atoms with van der Waals surface area (Å²) in [4.78, 5) is 12.3. The maximum atomic E-state index is 14.0. The third kappa shape index (κ3) is 4.98. The van der Waals surface area contributed by atoms with Gasteiger partial charge in [0.05, 0.1) is 29.2 Å². The summed E-state index contributed by atoms with van der Waals surface area (Å²) >= 11 is 6.17. The lowest BCUT2D eigenvalue weighted by atomic mass is 9.98. The third-order valence-corrected chi connectivity index (χ3v) is 7.10. The Balaban J connectivity index is 1.70. The summed E-state index contributed by atoms with van der Waals surface area (Å²) in [6, 6.07) is 9.94. The molecule has 2 aromatic rings. The van der Waals surface area contributed by atoms with Crippen molar-refractivity contribution < 1.29 is 27.1 Å². The van der Waals surface area contributed by atoms with Crippen LogP contribution in [0, 0.1) is 23.1 Å². The minimum Gasteiger partial charge on any atom is -0.490 e. The van der Waals surface area contributed by atoms with Gasteiger partial charge in [0, 0.05) is 19.2 Å². The summed E-state index contributed by atoms with van der Waals surface area (Å²) in [6.07, 6.45) is 0.425. The van der Waals surface area contributed by atoms with E-state index in [9.17, 15) is 17.6 Å². The Hall–Kier alpha value is -2.67. The molecule has 1 heterocycles. The maximum Gasteiger partial charge on any atom is 0.314 e. The van der Waals surface area contributed by atoms with E-state index in [1.807, 2.05) is 6.07 Å². The molecule has 10 heteroatoms. The van der Waals surface area contributed by atoms with Gasteiger partial charge in [-0.2, -0.15) is 9.57 Å². The van der Waals surface area contributed by atoms with Crippen molar-refractivity contribution >= 4 is 27.6 Å². The zero-order chi connectivity index (χ0) is 22.6. The Morgan fingerprint density at radius 1 is 1.29 bits per heavy atom. The van der Waals surface area contributed by atoms with E-state index in [-0.39, 0.29) is 59.5 Å². The highest BCUT2D eigenvalue weighted by Crippen LogP contribution is 2.37. The number of carbonyl (C=O) groups is 1. The van der Waals surface area contributed by atoms with Crippen molar-refractivity contribution in [3.05, 3.63) is 52.8 Å². The van der Waals surface area contributed by atoms with Crippen LogP contribution in [0.3, 0.4) is 0 Å². The first-order valence-corrected chi connectivity index (χ1v) is 11.4. The topological polar surface area (TPSA) is 96.7 Å². The molecule has 0 N–H and O–H groups in total. The Labute approximate surface area is 185 Å². The molecule has 31 heavy (non-hydrogen) atoms. The van der Waals surface area contributed by atoms with Gasteiger partial charge in [0.25, 0.3) is 0 Å². The quantitative estimate of drug-likeness (QED) is 0.475. The number of nitriles is 1. The smallest absolute Gasteiger partial charge is 0.314 e. The highest BCUT2D eigenvalue weighted by molar-refractivity contribution is 7.89. The number of ether oxygens (including phenoxy) is 2. The van der Waals surface area contributed by atoms with E-state index in [0.29, 0.717) is 0 Å². The van der Waals surface area contributed by atoms with Gasteiger partial charge in [0.2, 0.25) is 10.0 Å². The van der Waals surface area contributed by atoms with Crippen molar-refractivity contribution in [2.75, 3.05) is 19.7 Å². The van der Waals surface area contributed by atoms with Gasteiger partial charge in [-0.15, -0.1) is 0 Å². The van der Waals surface area contributed by atoms with Crippen LogP contribution in [0.15, 0.2) is 41.3 Å². The largest absolute Gasteiger partial charge is 0.490 e. The molecule has 0 atom stereocenters. The fourth-order valence-electron chi connectivity index (χ4n) is 3.30. The van der Waals surface area contributed by atoms with Crippen LogP contribution in [-0.4, -0.2) is 38.4 Å². The molecule has 0 aromatic heterocycles. The van der Waals surface area contributed by atoms with Gasteiger partial charge in [0.15, 0.2) is 11.5 Å². The molecule has 7 nitrogen and oxygen atoms in total. The number of hydrogen-bond donors (Lipinski definition) is 0. The fourth-order valence-corrected chi connectivity index (χ4v) is 5.09. The van der Waals surface area contributed by atoms with Crippen LogP contribution in [-0.2, 0) is 14.8 Å². The van der Waals surface area contributed by atoms with Crippen molar-refractivity contribution in [3.63, 3.8) is 0 Å². The van der Waals surface area contributed by atoms with E-state index < -0.39 is 27.7 Å². The molecule has 164 valence electrons. The molecule has 1 aliphatic rings. The molecule has 0 spiro atoms. The SMILES string of the molecule is CCOc1cc(C#N)cc(Cl)c1OC(=O)C1CCN(S(=O)(=O)c2ccccc2F)CC1. The highest BCUT2D eigenvalue weighted by Gasteiger charge is 2.34. The monoisotopic (exact) mass is 466 g/mol. The summed E-state index contributed by atoms with van der Waals surface area (Å²) in [5.74, 6) is -1.75. The van der Waals surface area contributed by atoms with E-state index in [4.69, 9.17) is 26.3 Å². The molecule has 1 aliphatic heterocycles. The Bertz CT molecular complexity index is 1130. The molecular weight excluding hydrogens is 447 g/mol. The molecule has 0 saturated carbocycles. The number of sulfonamides is 1. The maximum absolute atomic E-state index is 14.0. The zero-order valence-corrected chi connectivity index (χ0v) is 18.2. The number of halogens is 2. The van der Waals surface area contributed by atoms with Crippen LogP contribution in [0.2, 0.25) is 5.02 Å². The van der Waals surface area contributed by atoms with Gasteiger partial charge in [-0.3, -0.25) is 4.79 Å². The van der Waals surface area contributed by atoms with Gasteiger partial charge in [0.1, 0.15) is 10.7 Å². The van der Waals surface area contributed by atoms with E-state index >= 15 is 0 Å². The zero-order valence-electron chi connectivity index (χ0n) is 16.7. The number of esters is 1. The third-order valence-electron chi connectivity index (χ3n) is 4.88. The number of benzene rings is 2. The average Bonchev–Trinajstić information content (AvgIpc) is 2.76. The molecule has 2 aromatic carbocycles. The van der Waals surface area contributed by atoms with Crippen LogP contribution >= 0.6 is 11.6 Å². The van der Waals surface area contributed by atoms with Gasteiger partial charge in [-0.25, -0.2) is 12.8 Å². The van der Waals surface area contributed by atoms with Gasteiger partial charge in [-0.05, 0) is 38.0 Å². The van der Waals surface area contributed by atoms with Crippen molar-refractivity contribution in [1.82, 2.24) is 4.31 Å². The number of nitrogens with zero attached hydrogens (tertiary/aromatic N) is 2. The summed E-state index contributed by atoms with van der Waals surface area (Å²) in [7, 11) is -3.99. The minimum absolute atomic E-state index is 0.0222. The molecule has 0 bridgehead atoms. The molecule has 0 amide bonds. The predicted molar refractivity (Wildman–Crippen MR) is 111 cm³/mol. The van der Waals surface area contributed by atoms with Crippen molar-refractivity contribution in [2.45, 2.75) is 24.7 Å². The van der Waals surface area contributed by atoms with Crippen molar-refractivity contribution in [2.24, 2.45) is 5.92 Å². The average molecular weight is 467 g/mol. The molecule has 3 rings (SSSR count). The van der Waals surface area contributed by atoms with E-state index in [1.54, 1.807) is 6.92 Å². The minimum atomic E-state index is -3.99. The summed E-state index contributed by atoms with van der Waals surface area (Å²) in [5, 5.41) is 9.14. The van der Waals surface area contributed by atoms with Crippen LogP contribution in [0.1, 0.15) is 25.3 Å². The molecule has 0 aliphatic carbocycles. The normalized spacial score (nSPS) is 15.3. The van der Waals surface area contributed by atoms with Crippen LogP contribution in [0.5, 0.6) is 11.5 Å². The second kappa shape index (κ2) is 9.64. The van der Waals surface area contributed by atoms with Crippen LogP contribution in [0.25, 0.3) is 0 Å². The molecule has 1 fully saturated rings. The van der Waals surface area contributed by atoms with Gasteiger partial charge >= 0.3 is 5.97 Å².